The molecule has 0 aliphatic heterocycles. The van der Waals surface area contributed by atoms with Crippen LogP contribution in [0.15, 0.2) is 48.5 Å². The lowest BCUT2D eigenvalue weighted by Gasteiger charge is -2.22. The lowest BCUT2D eigenvalue weighted by molar-refractivity contribution is -0.139. The van der Waals surface area contributed by atoms with Crippen molar-refractivity contribution < 1.29 is 19.1 Å². The molecular formula is C19H21ClN2O4. The first-order chi connectivity index (χ1) is 12.4. The van der Waals surface area contributed by atoms with E-state index in [2.05, 4.69) is 5.32 Å². The Labute approximate surface area is 157 Å². The number of halogens is 1. The molecule has 2 rings (SSSR count). The summed E-state index contributed by atoms with van der Waals surface area (Å²) in [4.78, 5) is 25.9. The summed E-state index contributed by atoms with van der Waals surface area (Å²) in [5.41, 5.74) is 0.444. The van der Waals surface area contributed by atoms with E-state index in [4.69, 9.17) is 21.1 Å². The first kappa shape index (κ1) is 19.6. The topological polar surface area (TPSA) is 67.9 Å². The molecule has 0 heterocycles. The highest BCUT2D eigenvalue weighted by atomic mass is 35.5. The zero-order valence-electron chi connectivity index (χ0n) is 14.9. The van der Waals surface area contributed by atoms with Crippen LogP contribution in [-0.2, 0) is 9.59 Å². The standard InChI is InChI=1S/C19H21ClN2O4/c1-13(26-15-7-5-4-6-8-15)19(24)22(2)12-18(23)21-16-11-14(20)9-10-17(16)25-3/h4-11,13H,12H2,1-3H3,(H,21,23). The summed E-state index contributed by atoms with van der Waals surface area (Å²) in [6, 6.07) is 13.9. The third-order valence-corrected chi connectivity index (χ3v) is 3.83. The highest BCUT2D eigenvalue weighted by Crippen LogP contribution is 2.27. The van der Waals surface area contributed by atoms with E-state index in [-0.39, 0.29) is 18.4 Å². The highest BCUT2D eigenvalue weighted by molar-refractivity contribution is 6.31. The van der Waals surface area contributed by atoms with E-state index in [9.17, 15) is 9.59 Å². The van der Waals surface area contributed by atoms with Gasteiger partial charge in [0.25, 0.3) is 5.91 Å². The summed E-state index contributed by atoms with van der Waals surface area (Å²) in [5.74, 6) is 0.405. The highest BCUT2D eigenvalue weighted by Gasteiger charge is 2.21. The molecule has 0 saturated heterocycles. The number of benzene rings is 2. The molecule has 26 heavy (non-hydrogen) atoms. The third kappa shape index (κ3) is 5.39. The maximum absolute atomic E-state index is 12.4. The third-order valence-electron chi connectivity index (χ3n) is 3.60. The molecule has 0 aromatic heterocycles. The number of methoxy groups -OCH3 is 1. The molecule has 7 heteroatoms. The molecule has 138 valence electrons. The van der Waals surface area contributed by atoms with E-state index < -0.39 is 6.10 Å². The van der Waals surface area contributed by atoms with Gasteiger partial charge in [0, 0.05) is 12.1 Å². The Balaban J connectivity index is 1.93. The number of amides is 2. The molecule has 2 amide bonds. The van der Waals surface area contributed by atoms with Crippen LogP contribution in [0.1, 0.15) is 6.92 Å². The zero-order chi connectivity index (χ0) is 19.1. The number of anilines is 1. The Bertz CT molecular complexity index is 767. The van der Waals surface area contributed by atoms with Crippen molar-refractivity contribution in [1.82, 2.24) is 4.90 Å². The second-order valence-corrected chi connectivity index (χ2v) is 6.10. The van der Waals surface area contributed by atoms with Gasteiger partial charge in [-0.25, -0.2) is 0 Å². The van der Waals surface area contributed by atoms with Crippen LogP contribution >= 0.6 is 11.6 Å². The van der Waals surface area contributed by atoms with Gasteiger partial charge in [0.1, 0.15) is 11.5 Å². The number of nitrogens with zero attached hydrogens (tertiary/aromatic N) is 1. The first-order valence-electron chi connectivity index (χ1n) is 8.00. The van der Waals surface area contributed by atoms with Gasteiger partial charge < -0.3 is 19.7 Å². The van der Waals surface area contributed by atoms with E-state index >= 15 is 0 Å². The van der Waals surface area contributed by atoms with E-state index in [1.807, 2.05) is 18.2 Å². The van der Waals surface area contributed by atoms with Crippen LogP contribution in [0.4, 0.5) is 5.69 Å². The summed E-state index contributed by atoms with van der Waals surface area (Å²) in [6.07, 6.45) is -0.712. The summed E-state index contributed by atoms with van der Waals surface area (Å²) in [6.45, 7) is 1.51. The quantitative estimate of drug-likeness (QED) is 0.805. The second-order valence-electron chi connectivity index (χ2n) is 5.66. The van der Waals surface area contributed by atoms with Crippen molar-refractivity contribution >= 4 is 29.1 Å². The predicted molar refractivity (Wildman–Crippen MR) is 101 cm³/mol. The maximum Gasteiger partial charge on any atom is 0.263 e. The number of ether oxygens (including phenoxy) is 2. The number of carbonyl (C=O) groups is 2. The van der Waals surface area contributed by atoms with Crippen molar-refractivity contribution in [2.75, 3.05) is 26.0 Å². The first-order valence-corrected chi connectivity index (χ1v) is 8.38. The summed E-state index contributed by atoms with van der Waals surface area (Å²) in [5, 5.41) is 3.16. The molecule has 2 aromatic rings. The van der Waals surface area contributed by atoms with Crippen molar-refractivity contribution in [3.05, 3.63) is 53.6 Å². The average molecular weight is 377 g/mol. The molecule has 0 aliphatic carbocycles. The molecule has 1 atom stereocenters. The Kier molecular flexibility index (Phi) is 6.86. The van der Waals surface area contributed by atoms with Crippen LogP contribution in [-0.4, -0.2) is 43.5 Å². The fourth-order valence-corrected chi connectivity index (χ4v) is 2.50. The second kappa shape index (κ2) is 9.10. The van der Waals surface area contributed by atoms with Crippen LogP contribution in [0.3, 0.4) is 0 Å². The lowest BCUT2D eigenvalue weighted by Crippen LogP contribution is -2.42. The van der Waals surface area contributed by atoms with Crippen molar-refractivity contribution in [3.63, 3.8) is 0 Å². The largest absolute Gasteiger partial charge is 0.495 e. The van der Waals surface area contributed by atoms with Gasteiger partial charge in [-0.05, 0) is 37.3 Å². The molecule has 1 N–H and O–H groups in total. The van der Waals surface area contributed by atoms with Crippen molar-refractivity contribution in [2.24, 2.45) is 0 Å². The molecule has 0 radical (unpaired) electrons. The van der Waals surface area contributed by atoms with Gasteiger partial charge in [-0.3, -0.25) is 9.59 Å². The van der Waals surface area contributed by atoms with Gasteiger partial charge in [-0.15, -0.1) is 0 Å². The number of hydrogen-bond acceptors (Lipinski definition) is 4. The van der Waals surface area contributed by atoms with Gasteiger partial charge in [0.15, 0.2) is 6.10 Å². The maximum atomic E-state index is 12.4. The molecule has 0 fully saturated rings. The predicted octanol–water partition coefficient (Wildman–Crippen LogP) is 3.21. The Hall–Kier alpha value is -2.73. The molecule has 2 aromatic carbocycles. The van der Waals surface area contributed by atoms with Gasteiger partial charge >= 0.3 is 0 Å². The molecule has 0 bridgehead atoms. The average Bonchev–Trinajstić information content (AvgIpc) is 2.62. The minimum absolute atomic E-state index is 0.128. The number of nitrogens with one attached hydrogen (secondary N) is 1. The monoisotopic (exact) mass is 376 g/mol. The summed E-state index contributed by atoms with van der Waals surface area (Å²) in [7, 11) is 3.04. The Morgan fingerprint density at radius 1 is 1.19 bits per heavy atom. The van der Waals surface area contributed by atoms with Gasteiger partial charge in [0.05, 0.1) is 19.3 Å². The van der Waals surface area contributed by atoms with E-state index in [1.165, 1.54) is 12.0 Å². The Morgan fingerprint density at radius 2 is 1.88 bits per heavy atom. The number of likely N-dealkylation sites (N-methyl/N-ethyl adjacent to an activating group) is 1. The number of carbonyl (C=O) groups excluding carboxylic acids is 2. The minimum Gasteiger partial charge on any atom is -0.495 e. The van der Waals surface area contributed by atoms with Gasteiger partial charge in [0.2, 0.25) is 5.91 Å². The minimum atomic E-state index is -0.712. The van der Waals surface area contributed by atoms with E-state index in [1.54, 1.807) is 44.3 Å². The Morgan fingerprint density at radius 3 is 2.54 bits per heavy atom. The van der Waals surface area contributed by atoms with Gasteiger partial charge in [-0.1, -0.05) is 29.8 Å². The van der Waals surface area contributed by atoms with Crippen LogP contribution < -0.4 is 14.8 Å². The lowest BCUT2D eigenvalue weighted by atomic mass is 10.3. The zero-order valence-corrected chi connectivity index (χ0v) is 15.6. The van der Waals surface area contributed by atoms with Crippen LogP contribution in [0.5, 0.6) is 11.5 Å². The molecule has 1 unspecified atom stereocenters. The number of rotatable bonds is 7. The molecule has 0 spiro atoms. The summed E-state index contributed by atoms with van der Waals surface area (Å²) >= 11 is 5.94. The number of para-hydroxylation sites is 1. The van der Waals surface area contributed by atoms with Crippen LogP contribution in [0, 0.1) is 0 Å². The van der Waals surface area contributed by atoms with Crippen molar-refractivity contribution in [3.8, 4) is 11.5 Å². The van der Waals surface area contributed by atoms with Crippen molar-refractivity contribution in [2.45, 2.75) is 13.0 Å². The molecular weight excluding hydrogens is 356 g/mol. The normalized spacial score (nSPS) is 11.4. The smallest absolute Gasteiger partial charge is 0.263 e. The molecule has 0 aliphatic rings. The number of hydrogen-bond donors (Lipinski definition) is 1. The van der Waals surface area contributed by atoms with Crippen molar-refractivity contribution in [1.29, 1.82) is 0 Å². The molecule has 6 nitrogen and oxygen atoms in total. The fourth-order valence-electron chi connectivity index (χ4n) is 2.32. The van der Waals surface area contributed by atoms with Crippen LogP contribution in [0.25, 0.3) is 0 Å². The van der Waals surface area contributed by atoms with E-state index in [0.29, 0.717) is 22.2 Å². The SMILES string of the molecule is COc1ccc(Cl)cc1NC(=O)CN(C)C(=O)C(C)Oc1ccccc1. The fraction of sp³-hybridized carbons (Fsp3) is 0.263. The van der Waals surface area contributed by atoms with E-state index in [0.717, 1.165) is 0 Å². The molecule has 0 saturated carbocycles. The summed E-state index contributed by atoms with van der Waals surface area (Å²) < 4.78 is 10.8. The van der Waals surface area contributed by atoms with Gasteiger partial charge in [-0.2, -0.15) is 0 Å². The van der Waals surface area contributed by atoms with Crippen LogP contribution in [0.2, 0.25) is 5.02 Å².